The molecule has 0 atom stereocenters. The monoisotopic (exact) mass is 511 g/mol. The van der Waals surface area contributed by atoms with E-state index in [1.165, 1.54) is 0 Å². The molecular weight excluding hydrogens is 492 g/mol. The highest BCUT2D eigenvalue weighted by molar-refractivity contribution is 7.21. The van der Waals surface area contributed by atoms with Gasteiger partial charge in [-0.3, -0.25) is 4.79 Å². The molecule has 2 aromatic carbocycles. The maximum Gasteiger partial charge on any atom is 0.396 e. The zero-order valence-corrected chi connectivity index (χ0v) is 20.2. The van der Waals surface area contributed by atoms with Crippen LogP contribution in [0.15, 0.2) is 24.3 Å². The summed E-state index contributed by atoms with van der Waals surface area (Å²) in [5, 5.41) is 0.735. The van der Waals surface area contributed by atoms with E-state index in [-0.39, 0.29) is 16.0 Å². The summed E-state index contributed by atoms with van der Waals surface area (Å²) in [7, 11) is 0. The van der Waals surface area contributed by atoms with Gasteiger partial charge in [-0.25, -0.2) is 28.1 Å². The number of nitrogens with two attached hydrogens (primary N) is 1. The van der Waals surface area contributed by atoms with Crippen LogP contribution >= 0.6 is 22.9 Å². The number of ether oxygens (including phenoxy) is 1. The number of rotatable bonds is 5. The highest BCUT2D eigenvalue weighted by atomic mass is 35.5. The van der Waals surface area contributed by atoms with Gasteiger partial charge in [-0.15, -0.1) is 11.3 Å². The van der Waals surface area contributed by atoms with Gasteiger partial charge in [0.05, 0.1) is 10.4 Å². The van der Waals surface area contributed by atoms with Gasteiger partial charge in [0.2, 0.25) is 5.91 Å². The van der Waals surface area contributed by atoms with E-state index in [1.54, 1.807) is 39.8 Å². The van der Waals surface area contributed by atoms with Crippen molar-refractivity contribution in [2.24, 2.45) is 11.1 Å². The number of aryl methyl sites for hydroxylation is 1. The maximum absolute atomic E-state index is 14.4. The van der Waals surface area contributed by atoms with Gasteiger partial charge >= 0.3 is 11.9 Å². The Labute approximate surface area is 202 Å². The molecule has 7 nitrogen and oxygen atoms in total. The van der Waals surface area contributed by atoms with Crippen LogP contribution in [-0.2, 0) is 21.2 Å². The summed E-state index contributed by atoms with van der Waals surface area (Å²) in [6.45, 7) is 6.00. The third-order valence-corrected chi connectivity index (χ3v) is 6.38. The molecule has 11 heteroatoms. The first kappa shape index (κ1) is 25.4. The highest BCUT2D eigenvalue weighted by Gasteiger charge is 2.29. The number of halogens is 3. The van der Waals surface area contributed by atoms with E-state index in [2.05, 4.69) is 4.89 Å². The number of benzene rings is 2. The van der Waals surface area contributed by atoms with Gasteiger partial charge in [-0.05, 0) is 51.5 Å². The molecule has 34 heavy (non-hydrogen) atoms. The molecule has 1 heterocycles. The first-order valence-electron chi connectivity index (χ1n) is 9.86. The fourth-order valence-electron chi connectivity index (χ4n) is 2.84. The van der Waals surface area contributed by atoms with Crippen molar-refractivity contribution in [1.29, 1.82) is 0 Å². The van der Waals surface area contributed by atoms with Crippen LogP contribution in [0.25, 0.3) is 10.1 Å². The minimum absolute atomic E-state index is 0.0289. The Morgan fingerprint density at radius 1 is 1.09 bits per heavy atom. The maximum atomic E-state index is 14.4. The van der Waals surface area contributed by atoms with Crippen molar-refractivity contribution in [2.45, 2.75) is 34.3 Å². The second-order valence-electron chi connectivity index (χ2n) is 8.39. The van der Waals surface area contributed by atoms with Crippen LogP contribution in [-0.4, -0.2) is 17.8 Å². The van der Waals surface area contributed by atoms with E-state index >= 15 is 0 Å². The van der Waals surface area contributed by atoms with Gasteiger partial charge in [0, 0.05) is 21.2 Å². The predicted molar refractivity (Wildman–Crippen MR) is 122 cm³/mol. The summed E-state index contributed by atoms with van der Waals surface area (Å²) in [4.78, 5) is 45.3. The van der Waals surface area contributed by atoms with Crippen molar-refractivity contribution in [3.05, 3.63) is 62.5 Å². The minimum Gasteiger partial charge on any atom is -0.483 e. The van der Waals surface area contributed by atoms with Crippen LogP contribution in [0.2, 0.25) is 5.02 Å². The molecular formula is C23H20ClF2NO6S. The van der Waals surface area contributed by atoms with Crippen LogP contribution < -0.4 is 10.5 Å². The lowest BCUT2D eigenvalue weighted by atomic mass is 9.98. The van der Waals surface area contributed by atoms with Crippen molar-refractivity contribution in [3.8, 4) is 5.75 Å². The number of carbonyl (C=O) groups excluding carboxylic acids is 3. The molecule has 3 aromatic rings. The summed E-state index contributed by atoms with van der Waals surface area (Å²) < 4.78 is 34.7. The van der Waals surface area contributed by atoms with Crippen molar-refractivity contribution >= 4 is 50.9 Å². The number of carbonyl (C=O) groups is 3. The Morgan fingerprint density at radius 3 is 2.26 bits per heavy atom. The Hall–Kier alpha value is -3.24. The van der Waals surface area contributed by atoms with Crippen molar-refractivity contribution in [3.63, 3.8) is 0 Å². The predicted octanol–water partition coefficient (Wildman–Crippen LogP) is 5.48. The molecule has 0 saturated heterocycles. The van der Waals surface area contributed by atoms with Crippen LogP contribution in [0.1, 0.15) is 51.9 Å². The van der Waals surface area contributed by atoms with Crippen molar-refractivity contribution in [2.75, 3.05) is 0 Å². The van der Waals surface area contributed by atoms with E-state index in [9.17, 15) is 23.2 Å². The Kier molecular flexibility index (Phi) is 7.13. The molecule has 0 bridgehead atoms. The third kappa shape index (κ3) is 5.13. The normalized spacial score (nSPS) is 11.4. The van der Waals surface area contributed by atoms with Gasteiger partial charge in [-0.2, -0.15) is 0 Å². The smallest absolute Gasteiger partial charge is 0.396 e. The second-order valence-corrected chi connectivity index (χ2v) is 9.82. The Morgan fingerprint density at radius 2 is 1.71 bits per heavy atom. The Balaban J connectivity index is 1.99. The lowest BCUT2D eigenvalue weighted by Gasteiger charge is -2.14. The lowest BCUT2D eigenvalue weighted by molar-refractivity contribution is -0.242. The van der Waals surface area contributed by atoms with E-state index in [0.717, 1.165) is 23.5 Å². The molecule has 180 valence electrons. The standard InChI is InChI=1S/C23H20ClF2NO6S/c1-10-5-6-15-16(17(10)24)12(19(34-15)21(29)32-33-22(30)23(2,3)4)9-31-18-13(25)7-11(20(27)28)8-14(18)26/h5-8H,9H2,1-4H3,(H2,27,28). The zero-order valence-electron chi connectivity index (χ0n) is 18.6. The van der Waals surface area contributed by atoms with Crippen molar-refractivity contribution in [1.82, 2.24) is 0 Å². The molecule has 0 unspecified atom stereocenters. The molecule has 0 radical (unpaired) electrons. The number of hydrogen-bond acceptors (Lipinski definition) is 7. The summed E-state index contributed by atoms with van der Waals surface area (Å²) in [5.41, 5.74) is 4.65. The molecule has 0 aliphatic heterocycles. The van der Waals surface area contributed by atoms with Crippen LogP contribution in [0, 0.1) is 24.0 Å². The van der Waals surface area contributed by atoms with Crippen LogP contribution in [0.4, 0.5) is 8.78 Å². The summed E-state index contributed by atoms with van der Waals surface area (Å²) >= 11 is 7.44. The van der Waals surface area contributed by atoms with Crippen LogP contribution in [0.3, 0.4) is 0 Å². The third-order valence-electron chi connectivity index (χ3n) is 4.72. The molecule has 3 rings (SSSR count). The number of amides is 1. The molecule has 0 spiro atoms. The summed E-state index contributed by atoms with van der Waals surface area (Å²) in [6.07, 6.45) is 0. The van der Waals surface area contributed by atoms with E-state index in [1.807, 2.05) is 0 Å². The quantitative estimate of drug-likeness (QED) is 0.359. The van der Waals surface area contributed by atoms with E-state index < -0.39 is 47.3 Å². The molecule has 0 aliphatic carbocycles. The zero-order chi connectivity index (χ0) is 25.4. The fourth-order valence-corrected chi connectivity index (χ4v) is 4.26. The Bertz CT molecular complexity index is 1290. The second kappa shape index (κ2) is 9.55. The van der Waals surface area contributed by atoms with Gasteiger partial charge in [0.1, 0.15) is 11.5 Å². The first-order chi connectivity index (χ1) is 15.8. The number of fused-ring (bicyclic) bond motifs is 1. The van der Waals surface area contributed by atoms with E-state index in [4.69, 9.17) is 27.0 Å². The lowest BCUT2D eigenvalue weighted by Crippen LogP contribution is -2.24. The average Bonchev–Trinajstić information content (AvgIpc) is 3.12. The fraction of sp³-hybridized carbons (Fsp3) is 0.261. The van der Waals surface area contributed by atoms with Gasteiger partial charge in [-0.1, -0.05) is 17.7 Å². The highest BCUT2D eigenvalue weighted by Crippen LogP contribution is 2.39. The number of primary amides is 1. The average molecular weight is 512 g/mol. The summed E-state index contributed by atoms with van der Waals surface area (Å²) in [5.74, 6) is -5.86. The number of thiophene rings is 1. The van der Waals surface area contributed by atoms with Crippen molar-refractivity contribution < 1.29 is 37.7 Å². The molecule has 1 amide bonds. The number of hydrogen-bond donors (Lipinski definition) is 1. The van der Waals surface area contributed by atoms with Gasteiger partial charge in [0.25, 0.3) is 0 Å². The largest absolute Gasteiger partial charge is 0.483 e. The SMILES string of the molecule is Cc1ccc2sc(C(=O)OOC(=O)C(C)(C)C)c(COc3c(F)cc(C(N)=O)cc3F)c2c1Cl. The van der Waals surface area contributed by atoms with Crippen LogP contribution in [0.5, 0.6) is 5.75 Å². The van der Waals surface area contributed by atoms with E-state index in [0.29, 0.717) is 20.7 Å². The molecule has 2 N–H and O–H groups in total. The molecule has 0 fully saturated rings. The topological polar surface area (TPSA) is 105 Å². The van der Waals surface area contributed by atoms with Gasteiger partial charge in [0.15, 0.2) is 17.4 Å². The summed E-state index contributed by atoms with van der Waals surface area (Å²) in [6, 6.07) is 4.93. The molecule has 0 saturated carbocycles. The first-order valence-corrected chi connectivity index (χ1v) is 11.1. The minimum atomic E-state index is -1.15. The molecule has 1 aromatic heterocycles. The van der Waals surface area contributed by atoms with Gasteiger partial charge < -0.3 is 10.5 Å². The molecule has 0 aliphatic rings.